The minimum atomic E-state index is -0.362. The highest BCUT2D eigenvalue weighted by Crippen LogP contribution is 2.19. The van der Waals surface area contributed by atoms with Crippen molar-refractivity contribution in [2.45, 2.75) is 13.3 Å². The lowest BCUT2D eigenvalue weighted by Crippen LogP contribution is -2.08. The molecule has 0 aliphatic heterocycles. The lowest BCUT2D eigenvalue weighted by molar-refractivity contribution is -0.139. The SMILES string of the molecule is COC(=O)Cc1c(C)cc(N)cc1C#N. The number of esters is 1. The van der Waals surface area contributed by atoms with E-state index in [0.717, 1.165) is 5.56 Å². The minimum absolute atomic E-state index is 0.103. The van der Waals surface area contributed by atoms with Crippen LogP contribution in [0, 0.1) is 18.3 Å². The van der Waals surface area contributed by atoms with Crippen LogP contribution in [0.5, 0.6) is 0 Å². The molecular weight excluding hydrogens is 192 g/mol. The number of ether oxygens (including phenoxy) is 1. The number of nitrogen functional groups attached to an aromatic ring is 1. The quantitative estimate of drug-likeness (QED) is 0.579. The van der Waals surface area contributed by atoms with Gasteiger partial charge >= 0.3 is 5.97 Å². The maximum Gasteiger partial charge on any atom is 0.310 e. The van der Waals surface area contributed by atoms with E-state index in [-0.39, 0.29) is 12.4 Å². The van der Waals surface area contributed by atoms with E-state index in [1.165, 1.54) is 7.11 Å². The van der Waals surface area contributed by atoms with Gasteiger partial charge in [0.2, 0.25) is 0 Å². The van der Waals surface area contributed by atoms with Crippen LogP contribution < -0.4 is 5.73 Å². The smallest absolute Gasteiger partial charge is 0.310 e. The molecule has 2 N–H and O–H groups in total. The van der Waals surface area contributed by atoms with Crippen molar-refractivity contribution in [3.05, 3.63) is 28.8 Å². The molecule has 15 heavy (non-hydrogen) atoms. The molecule has 0 saturated carbocycles. The summed E-state index contributed by atoms with van der Waals surface area (Å²) < 4.78 is 4.56. The summed E-state index contributed by atoms with van der Waals surface area (Å²) in [4.78, 5) is 11.1. The Morgan fingerprint density at radius 3 is 2.80 bits per heavy atom. The fourth-order valence-electron chi connectivity index (χ4n) is 1.40. The van der Waals surface area contributed by atoms with Crippen molar-refractivity contribution in [2.24, 2.45) is 0 Å². The predicted molar refractivity (Wildman–Crippen MR) is 56.0 cm³/mol. The van der Waals surface area contributed by atoms with Gasteiger partial charge in [-0.25, -0.2) is 0 Å². The first-order valence-electron chi connectivity index (χ1n) is 4.44. The predicted octanol–water partition coefficient (Wildman–Crippen LogP) is 1.16. The maximum atomic E-state index is 11.1. The number of aryl methyl sites for hydroxylation is 1. The molecule has 0 bridgehead atoms. The third-order valence-corrected chi connectivity index (χ3v) is 2.16. The Kier molecular flexibility index (Phi) is 3.29. The number of carbonyl (C=O) groups excluding carboxylic acids is 1. The third-order valence-electron chi connectivity index (χ3n) is 2.16. The summed E-state index contributed by atoms with van der Waals surface area (Å²) in [6, 6.07) is 5.31. The highest BCUT2D eigenvalue weighted by atomic mass is 16.5. The van der Waals surface area contributed by atoms with E-state index < -0.39 is 0 Å². The Balaban J connectivity index is 3.17. The minimum Gasteiger partial charge on any atom is -0.469 e. The number of nitriles is 1. The van der Waals surface area contributed by atoms with Gasteiger partial charge in [-0.3, -0.25) is 4.79 Å². The van der Waals surface area contributed by atoms with Gasteiger partial charge in [0.25, 0.3) is 0 Å². The summed E-state index contributed by atoms with van der Waals surface area (Å²) >= 11 is 0. The Bertz CT molecular complexity index is 433. The summed E-state index contributed by atoms with van der Waals surface area (Å²) in [7, 11) is 1.32. The van der Waals surface area contributed by atoms with Crippen LogP contribution in [0.15, 0.2) is 12.1 Å². The van der Waals surface area contributed by atoms with Gasteiger partial charge in [-0.1, -0.05) is 0 Å². The number of benzene rings is 1. The molecule has 4 nitrogen and oxygen atoms in total. The number of anilines is 1. The van der Waals surface area contributed by atoms with Gasteiger partial charge in [0, 0.05) is 5.69 Å². The molecule has 0 aliphatic rings. The lowest BCUT2D eigenvalue weighted by atomic mass is 9.99. The van der Waals surface area contributed by atoms with E-state index in [1.807, 2.05) is 13.0 Å². The molecule has 0 fully saturated rings. The van der Waals surface area contributed by atoms with E-state index >= 15 is 0 Å². The first-order chi connectivity index (χ1) is 7.08. The second-order valence-corrected chi connectivity index (χ2v) is 3.23. The first kappa shape index (κ1) is 11.1. The van der Waals surface area contributed by atoms with Gasteiger partial charge in [0.15, 0.2) is 0 Å². The standard InChI is InChI=1S/C11H12N2O2/c1-7-3-9(13)4-8(6-12)10(7)5-11(14)15-2/h3-4H,5,13H2,1-2H3. The molecular formula is C11H12N2O2. The van der Waals surface area contributed by atoms with Gasteiger partial charge < -0.3 is 10.5 Å². The summed E-state index contributed by atoms with van der Waals surface area (Å²) in [6.07, 6.45) is 0.103. The molecule has 1 aromatic rings. The zero-order valence-corrected chi connectivity index (χ0v) is 8.70. The zero-order chi connectivity index (χ0) is 11.4. The largest absolute Gasteiger partial charge is 0.469 e. The van der Waals surface area contributed by atoms with Crippen molar-refractivity contribution < 1.29 is 9.53 Å². The molecule has 4 heteroatoms. The van der Waals surface area contributed by atoms with Gasteiger partial charge in [-0.05, 0) is 30.2 Å². The first-order valence-corrected chi connectivity index (χ1v) is 4.44. The van der Waals surface area contributed by atoms with Gasteiger partial charge in [0.1, 0.15) is 0 Å². The summed E-state index contributed by atoms with van der Waals surface area (Å²) in [5, 5.41) is 8.90. The van der Waals surface area contributed by atoms with Crippen LogP contribution in [0.3, 0.4) is 0 Å². The molecule has 0 heterocycles. The van der Waals surface area contributed by atoms with E-state index in [0.29, 0.717) is 16.8 Å². The van der Waals surface area contributed by atoms with E-state index in [2.05, 4.69) is 4.74 Å². The maximum absolute atomic E-state index is 11.1. The van der Waals surface area contributed by atoms with Crippen molar-refractivity contribution >= 4 is 11.7 Å². The monoisotopic (exact) mass is 204 g/mol. The number of rotatable bonds is 2. The molecule has 0 radical (unpaired) electrons. The summed E-state index contributed by atoms with van der Waals surface area (Å²) in [6.45, 7) is 1.81. The molecule has 0 saturated heterocycles. The van der Waals surface area contributed by atoms with Crippen LogP contribution >= 0.6 is 0 Å². The lowest BCUT2D eigenvalue weighted by Gasteiger charge is -2.07. The van der Waals surface area contributed by atoms with Gasteiger partial charge in [-0.2, -0.15) is 5.26 Å². The topological polar surface area (TPSA) is 76.1 Å². The Hall–Kier alpha value is -2.02. The van der Waals surface area contributed by atoms with Crippen LogP contribution in [-0.2, 0) is 16.0 Å². The van der Waals surface area contributed by atoms with Crippen LogP contribution in [0.1, 0.15) is 16.7 Å². The second kappa shape index (κ2) is 4.47. The van der Waals surface area contributed by atoms with Gasteiger partial charge in [-0.15, -0.1) is 0 Å². The molecule has 0 amide bonds. The average Bonchev–Trinajstić information content (AvgIpc) is 2.21. The van der Waals surface area contributed by atoms with Crippen LogP contribution in [0.2, 0.25) is 0 Å². The van der Waals surface area contributed by atoms with Crippen LogP contribution in [-0.4, -0.2) is 13.1 Å². The van der Waals surface area contributed by atoms with Crippen molar-refractivity contribution in [3.8, 4) is 6.07 Å². The van der Waals surface area contributed by atoms with Crippen LogP contribution in [0.4, 0.5) is 5.69 Å². The summed E-state index contributed by atoms with van der Waals surface area (Å²) in [5.41, 5.74) is 8.06. The Morgan fingerprint density at radius 2 is 2.27 bits per heavy atom. The molecule has 0 aliphatic carbocycles. The highest BCUT2D eigenvalue weighted by molar-refractivity contribution is 5.74. The highest BCUT2D eigenvalue weighted by Gasteiger charge is 2.11. The number of hydrogen-bond acceptors (Lipinski definition) is 4. The molecule has 0 aromatic heterocycles. The second-order valence-electron chi connectivity index (χ2n) is 3.23. The number of nitrogens with two attached hydrogens (primary N) is 1. The Labute approximate surface area is 88.3 Å². The average molecular weight is 204 g/mol. The van der Waals surface area contributed by atoms with Gasteiger partial charge in [0.05, 0.1) is 25.2 Å². The number of hydrogen-bond donors (Lipinski definition) is 1. The van der Waals surface area contributed by atoms with Crippen molar-refractivity contribution in [2.75, 3.05) is 12.8 Å². The van der Waals surface area contributed by atoms with Crippen molar-refractivity contribution in [3.63, 3.8) is 0 Å². The molecule has 0 atom stereocenters. The van der Waals surface area contributed by atoms with E-state index in [9.17, 15) is 4.79 Å². The van der Waals surface area contributed by atoms with E-state index in [4.69, 9.17) is 11.0 Å². The summed E-state index contributed by atoms with van der Waals surface area (Å²) in [5.74, 6) is -0.362. The zero-order valence-electron chi connectivity index (χ0n) is 8.70. The fraction of sp³-hybridized carbons (Fsp3) is 0.273. The van der Waals surface area contributed by atoms with Crippen LogP contribution in [0.25, 0.3) is 0 Å². The normalized spacial score (nSPS) is 9.40. The number of methoxy groups -OCH3 is 1. The molecule has 78 valence electrons. The Morgan fingerprint density at radius 1 is 1.60 bits per heavy atom. The van der Waals surface area contributed by atoms with Crippen molar-refractivity contribution in [1.82, 2.24) is 0 Å². The number of nitrogens with zero attached hydrogens (tertiary/aromatic N) is 1. The third kappa shape index (κ3) is 2.47. The molecule has 0 spiro atoms. The molecule has 1 rings (SSSR count). The number of carbonyl (C=O) groups is 1. The van der Waals surface area contributed by atoms with E-state index in [1.54, 1.807) is 12.1 Å². The molecule has 1 aromatic carbocycles. The van der Waals surface area contributed by atoms with Crippen molar-refractivity contribution in [1.29, 1.82) is 5.26 Å². The fourth-order valence-corrected chi connectivity index (χ4v) is 1.40. The molecule has 0 unspecified atom stereocenters.